The summed E-state index contributed by atoms with van der Waals surface area (Å²) in [6.07, 6.45) is 0. The van der Waals surface area contributed by atoms with E-state index in [1.54, 1.807) is 0 Å². The second-order valence-corrected chi connectivity index (χ2v) is 5.04. The van der Waals surface area contributed by atoms with Gasteiger partial charge in [0.15, 0.2) is 5.58 Å². The molecule has 1 heterocycles. The smallest absolute Gasteiger partial charge is 0.227 e. The number of nitrogens with two attached hydrogens (primary N) is 1. The Morgan fingerprint density at radius 2 is 2.00 bits per heavy atom. The molecule has 2 N–H and O–H groups in total. The van der Waals surface area contributed by atoms with Gasteiger partial charge in [-0.25, -0.2) is 9.98 Å². The minimum Gasteiger partial charge on any atom is -0.436 e. The highest BCUT2D eigenvalue weighted by molar-refractivity contribution is 6.28. The molecule has 21 heavy (non-hydrogen) atoms. The molecule has 5 heteroatoms. The molecule has 3 rings (SSSR count). The lowest BCUT2D eigenvalue weighted by Crippen LogP contribution is -2.12. The SMILES string of the molecule is Cc1ccc(-c2nc3cc(N=C(N)CCl)ccc3o2)cc1. The zero-order chi connectivity index (χ0) is 14.8. The lowest BCUT2D eigenvalue weighted by Gasteiger charge is -1.95. The van der Waals surface area contributed by atoms with Crippen LogP contribution < -0.4 is 5.73 Å². The Labute approximate surface area is 127 Å². The number of oxazole rings is 1. The van der Waals surface area contributed by atoms with Crippen molar-refractivity contribution < 1.29 is 4.42 Å². The zero-order valence-electron chi connectivity index (χ0n) is 11.5. The van der Waals surface area contributed by atoms with Crippen molar-refractivity contribution in [2.45, 2.75) is 6.92 Å². The second-order valence-electron chi connectivity index (χ2n) is 4.77. The maximum absolute atomic E-state index is 5.76. The molecule has 0 aliphatic heterocycles. The van der Waals surface area contributed by atoms with E-state index >= 15 is 0 Å². The van der Waals surface area contributed by atoms with E-state index in [4.69, 9.17) is 21.8 Å². The molecule has 0 amide bonds. The number of fused-ring (bicyclic) bond motifs is 1. The molecule has 0 saturated carbocycles. The molecular weight excluding hydrogens is 286 g/mol. The van der Waals surface area contributed by atoms with Gasteiger partial charge in [0.05, 0.1) is 11.6 Å². The first-order valence-electron chi connectivity index (χ1n) is 6.52. The van der Waals surface area contributed by atoms with Crippen LogP contribution >= 0.6 is 11.6 Å². The molecule has 0 fully saturated rings. The van der Waals surface area contributed by atoms with Crippen molar-refractivity contribution in [3.8, 4) is 11.5 Å². The van der Waals surface area contributed by atoms with E-state index in [1.165, 1.54) is 5.56 Å². The summed E-state index contributed by atoms with van der Waals surface area (Å²) in [7, 11) is 0. The lowest BCUT2D eigenvalue weighted by atomic mass is 10.1. The summed E-state index contributed by atoms with van der Waals surface area (Å²) in [5.74, 6) is 1.17. The minimum atomic E-state index is 0.200. The fraction of sp³-hybridized carbons (Fsp3) is 0.125. The predicted octanol–water partition coefficient (Wildman–Crippen LogP) is 4.03. The third-order valence-corrected chi connectivity index (χ3v) is 3.35. The van der Waals surface area contributed by atoms with Gasteiger partial charge in [-0.3, -0.25) is 0 Å². The van der Waals surface area contributed by atoms with Crippen LogP contribution in [0.15, 0.2) is 51.9 Å². The van der Waals surface area contributed by atoms with Crippen LogP contribution in [-0.2, 0) is 0 Å². The standard InChI is InChI=1S/C16H14ClN3O/c1-10-2-4-11(5-3-10)16-20-13-8-12(19-15(18)9-17)6-7-14(13)21-16/h2-8H,9H2,1H3,(H2,18,19). The molecule has 0 saturated heterocycles. The number of halogens is 1. The van der Waals surface area contributed by atoms with Crippen molar-refractivity contribution in [1.82, 2.24) is 4.98 Å². The average Bonchev–Trinajstić information content (AvgIpc) is 2.91. The van der Waals surface area contributed by atoms with Crippen molar-refractivity contribution in [3.05, 3.63) is 48.0 Å². The van der Waals surface area contributed by atoms with Crippen LogP contribution in [0.1, 0.15) is 5.56 Å². The van der Waals surface area contributed by atoms with Crippen molar-refractivity contribution >= 4 is 34.2 Å². The Kier molecular flexibility index (Phi) is 3.62. The van der Waals surface area contributed by atoms with E-state index in [0.29, 0.717) is 23.0 Å². The van der Waals surface area contributed by atoms with E-state index in [1.807, 2.05) is 49.4 Å². The highest BCUT2D eigenvalue weighted by atomic mass is 35.5. The molecule has 0 atom stereocenters. The molecule has 0 aliphatic rings. The topological polar surface area (TPSA) is 64.4 Å². The highest BCUT2D eigenvalue weighted by Gasteiger charge is 2.08. The number of benzene rings is 2. The quantitative estimate of drug-likeness (QED) is 0.451. The molecule has 2 aromatic carbocycles. The second kappa shape index (κ2) is 5.58. The van der Waals surface area contributed by atoms with Gasteiger partial charge in [0.1, 0.15) is 11.4 Å². The number of rotatable bonds is 3. The Bertz CT molecular complexity index is 806. The Morgan fingerprint density at radius 1 is 1.24 bits per heavy atom. The average molecular weight is 300 g/mol. The first kappa shape index (κ1) is 13.6. The number of aliphatic imine (C=N–C) groups is 1. The summed E-state index contributed by atoms with van der Waals surface area (Å²) in [6.45, 7) is 2.04. The Balaban J connectivity index is 2.02. The van der Waals surface area contributed by atoms with Crippen LogP contribution in [0.4, 0.5) is 5.69 Å². The minimum absolute atomic E-state index is 0.200. The van der Waals surface area contributed by atoms with Crippen LogP contribution in [0.2, 0.25) is 0 Å². The summed E-state index contributed by atoms with van der Waals surface area (Å²) >= 11 is 5.63. The lowest BCUT2D eigenvalue weighted by molar-refractivity contribution is 0.620. The molecule has 0 bridgehead atoms. The van der Waals surface area contributed by atoms with E-state index in [9.17, 15) is 0 Å². The van der Waals surface area contributed by atoms with Gasteiger partial charge in [-0.05, 0) is 37.3 Å². The molecular formula is C16H14ClN3O. The monoisotopic (exact) mass is 299 g/mol. The van der Waals surface area contributed by atoms with E-state index < -0.39 is 0 Å². The van der Waals surface area contributed by atoms with Crippen molar-refractivity contribution in [2.75, 3.05) is 5.88 Å². The normalized spacial score (nSPS) is 12.0. The number of aromatic nitrogens is 1. The summed E-state index contributed by atoms with van der Waals surface area (Å²) < 4.78 is 5.76. The van der Waals surface area contributed by atoms with Gasteiger partial charge >= 0.3 is 0 Å². The van der Waals surface area contributed by atoms with E-state index in [0.717, 1.165) is 11.1 Å². The number of aryl methyl sites for hydroxylation is 1. The Morgan fingerprint density at radius 3 is 2.71 bits per heavy atom. The molecule has 0 aliphatic carbocycles. The zero-order valence-corrected chi connectivity index (χ0v) is 12.3. The van der Waals surface area contributed by atoms with E-state index in [-0.39, 0.29) is 5.88 Å². The number of nitrogens with zero attached hydrogens (tertiary/aromatic N) is 2. The largest absolute Gasteiger partial charge is 0.436 e. The van der Waals surface area contributed by atoms with Gasteiger partial charge in [0.25, 0.3) is 0 Å². The Hall–Kier alpha value is -2.33. The highest BCUT2D eigenvalue weighted by Crippen LogP contribution is 2.27. The van der Waals surface area contributed by atoms with Gasteiger partial charge in [-0.2, -0.15) is 0 Å². The first-order valence-corrected chi connectivity index (χ1v) is 7.06. The number of alkyl halides is 1. The number of hydrogen-bond acceptors (Lipinski definition) is 3. The molecule has 106 valence electrons. The van der Waals surface area contributed by atoms with Gasteiger partial charge in [-0.1, -0.05) is 17.7 Å². The summed E-state index contributed by atoms with van der Waals surface area (Å²) in [5, 5.41) is 0. The molecule has 4 nitrogen and oxygen atoms in total. The van der Waals surface area contributed by atoms with Crippen LogP contribution in [0, 0.1) is 6.92 Å². The summed E-state index contributed by atoms with van der Waals surface area (Å²) in [5.41, 5.74) is 9.95. The number of hydrogen-bond donors (Lipinski definition) is 1. The summed E-state index contributed by atoms with van der Waals surface area (Å²) in [4.78, 5) is 8.70. The molecule has 0 spiro atoms. The van der Waals surface area contributed by atoms with Gasteiger partial charge in [0.2, 0.25) is 5.89 Å². The van der Waals surface area contributed by atoms with Crippen LogP contribution in [-0.4, -0.2) is 16.7 Å². The van der Waals surface area contributed by atoms with E-state index in [2.05, 4.69) is 9.98 Å². The van der Waals surface area contributed by atoms with Gasteiger partial charge in [0, 0.05) is 5.56 Å². The number of amidine groups is 1. The maximum Gasteiger partial charge on any atom is 0.227 e. The maximum atomic E-state index is 5.76. The van der Waals surface area contributed by atoms with Crippen molar-refractivity contribution in [1.29, 1.82) is 0 Å². The fourth-order valence-corrected chi connectivity index (χ4v) is 2.06. The predicted molar refractivity (Wildman–Crippen MR) is 86.2 cm³/mol. The third kappa shape index (κ3) is 2.90. The first-order chi connectivity index (χ1) is 10.2. The molecule has 3 aromatic rings. The summed E-state index contributed by atoms with van der Waals surface area (Å²) in [6, 6.07) is 13.5. The fourth-order valence-electron chi connectivity index (χ4n) is 2.00. The van der Waals surface area contributed by atoms with Crippen molar-refractivity contribution in [2.24, 2.45) is 10.7 Å². The molecule has 0 unspecified atom stereocenters. The van der Waals surface area contributed by atoms with Gasteiger partial charge in [-0.15, -0.1) is 11.6 Å². The van der Waals surface area contributed by atoms with Crippen LogP contribution in [0.5, 0.6) is 0 Å². The van der Waals surface area contributed by atoms with Crippen molar-refractivity contribution in [3.63, 3.8) is 0 Å². The molecule has 1 aromatic heterocycles. The van der Waals surface area contributed by atoms with Gasteiger partial charge < -0.3 is 10.2 Å². The van der Waals surface area contributed by atoms with Crippen LogP contribution in [0.3, 0.4) is 0 Å². The van der Waals surface area contributed by atoms with Crippen LogP contribution in [0.25, 0.3) is 22.6 Å². The molecule has 0 radical (unpaired) electrons. The third-order valence-electron chi connectivity index (χ3n) is 3.08.